The van der Waals surface area contributed by atoms with Gasteiger partial charge in [0.2, 0.25) is 5.88 Å². The van der Waals surface area contributed by atoms with Gasteiger partial charge in [0, 0.05) is 11.9 Å². The summed E-state index contributed by atoms with van der Waals surface area (Å²) in [7, 11) is 1.57. The van der Waals surface area contributed by atoms with Gasteiger partial charge in [-0.05, 0) is 43.2 Å². The SMILES string of the molecule is CCCn1c(O)c(N=NC(=O)COc2ccccc2C)c2cc(OC)ccc21. The fourth-order valence-electron chi connectivity index (χ4n) is 2.97. The van der Waals surface area contributed by atoms with Crippen molar-refractivity contribution in [3.05, 3.63) is 48.0 Å². The molecule has 7 heteroatoms. The number of nitrogens with zero attached hydrogens (tertiary/aromatic N) is 3. The number of methoxy groups -OCH3 is 1. The molecule has 0 saturated heterocycles. The highest BCUT2D eigenvalue weighted by atomic mass is 16.5. The van der Waals surface area contributed by atoms with E-state index in [1.807, 2.05) is 44.2 Å². The largest absolute Gasteiger partial charge is 0.497 e. The normalized spacial score (nSPS) is 11.2. The lowest BCUT2D eigenvalue weighted by Gasteiger charge is -2.05. The molecule has 0 atom stereocenters. The van der Waals surface area contributed by atoms with Crippen molar-refractivity contribution in [2.24, 2.45) is 10.2 Å². The van der Waals surface area contributed by atoms with E-state index in [9.17, 15) is 9.90 Å². The minimum absolute atomic E-state index is 0.0264. The second kappa shape index (κ2) is 8.56. The lowest BCUT2D eigenvalue weighted by atomic mass is 10.2. The summed E-state index contributed by atoms with van der Waals surface area (Å²) in [5.74, 6) is 0.688. The van der Waals surface area contributed by atoms with E-state index in [0.29, 0.717) is 23.4 Å². The van der Waals surface area contributed by atoms with Crippen LogP contribution in [0.4, 0.5) is 5.69 Å². The molecule has 1 aromatic heterocycles. The second-order valence-electron chi connectivity index (χ2n) is 6.35. The van der Waals surface area contributed by atoms with E-state index in [1.54, 1.807) is 23.8 Å². The Morgan fingerprint density at radius 1 is 1.21 bits per heavy atom. The molecule has 3 rings (SSSR count). The summed E-state index contributed by atoms with van der Waals surface area (Å²) in [6.45, 7) is 4.30. The van der Waals surface area contributed by atoms with Crippen LogP contribution in [0, 0.1) is 6.92 Å². The van der Waals surface area contributed by atoms with Crippen molar-refractivity contribution in [2.75, 3.05) is 13.7 Å². The molecule has 1 heterocycles. The first-order chi connectivity index (χ1) is 13.5. The minimum Gasteiger partial charge on any atom is -0.497 e. The topological polar surface area (TPSA) is 85.4 Å². The molecule has 0 aliphatic carbocycles. The van der Waals surface area contributed by atoms with Crippen LogP contribution in [0.2, 0.25) is 0 Å². The fraction of sp³-hybridized carbons (Fsp3) is 0.286. The average molecular weight is 381 g/mol. The zero-order valence-corrected chi connectivity index (χ0v) is 16.2. The maximum absolute atomic E-state index is 12.1. The molecule has 7 nitrogen and oxygen atoms in total. The van der Waals surface area contributed by atoms with Gasteiger partial charge in [-0.1, -0.05) is 25.1 Å². The quantitative estimate of drug-likeness (QED) is 0.598. The maximum Gasteiger partial charge on any atom is 0.302 e. The molecule has 28 heavy (non-hydrogen) atoms. The van der Waals surface area contributed by atoms with Gasteiger partial charge in [0.15, 0.2) is 12.3 Å². The first kappa shape index (κ1) is 19.4. The van der Waals surface area contributed by atoms with Gasteiger partial charge in [-0.25, -0.2) is 0 Å². The number of carbonyl (C=O) groups excluding carboxylic acids is 1. The van der Waals surface area contributed by atoms with Crippen LogP contribution in [0.15, 0.2) is 52.7 Å². The van der Waals surface area contributed by atoms with Crippen LogP contribution >= 0.6 is 0 Å². The van der Waals surface area contributed by atoms with Crippen molar-refractivity contribution >= 4 is 22.5 Å². The Morgan fingerprint density at radius 3 is 2.71 bits per heavy atom. The molecule has 0 spiro atoms. The highest BCUT2D eigenvalue weighted by molar-refractivity contribution is 5.96. The zero-order chi connectivity index (χ0) is 20.1. The number of azo groups is 1. The van der Waals surface area contributed by atoms with Crippen molar-refractivity contribution in [3.63, 3.8) is 0 Å². The van der Waals surface area contributed by atoms with Crippen molar-refractivity contribution in [3.8, 4) is 17.4 Å². The third-order valence-electron chi connectivity index (χ3n) is 4.37. The molecule has 0 saturated carbocycles. The van der Waals surface area contributed by atoms with E-state index in [1.165, 1.54) is 0 Å². The average Bonchev–Trinajstić information content (AvgIpc) is 2.96. The van der Waals surface area contributed by atoms with E-state index in [2.05, 4.69) is 10.2 Å². The number of hydrogen-bond acceptors (Lipinski definition) is 5. The highest BCUT2D eigenvalue weighted by Crippen LogP contribution is 2.40. The number of aromatic nitrogens is 1. The Balaban J connectivity index is 1.85. The van der Waals surface area contributed by atoms with Crippen LogP contribution in [0.3, 0.4) is 0 Å². The molecule has 0 aliphatic heterocycles. The standard InChI is InChI=1S/C21H23N3O4/c1-4-11-24-17-10-9-15(27-3)12-16(17)20(21(24)26)23-22-19(25)13-28-18-8-6-5-7-14(18)2/h5-10,12,26H,4,11,13H2,1-3H3. The number of rotatable bonds is 7. The summed E-state index contributed by atoms with van der Waals surface area (Å²) >= 11 is 0. The van der Waals surface area contributed by atoms with Crippen LogP contribution in [0.5, 0.6) is 17.4 Å². The molecule has 0 unspecified atom stereocenters. The van der Waals surface area contributed by atoms with E-state index >= 15 is 0 Å². The van der Waals surface area contributed by atoms with Crippen LogP contribution in [-0.4, -0.2) is 29.3 Å². The van der Waals surface area contributed by atoms with Gasteiger partial charge >= 0.3 is 5.91 Å². The predicted molar refractivity (Wildman–Crippen MR) is 107 cm³/mol. The molecule has 1 amide bonds. The molecular weight excluding hydrogens is 358 g/mol. The molecule has 2 aromatic carbocycles. The summed E-state index contributed by atoms with van der Waals surface area (Å²) in [5.41, 5.74) is 1.98. The molecule has 3 aromatic rings. The highest BCUT2D eigenvalue weighted by Gasteiger charge is 2.17. The molecular formula is C21H23N3O4. The number of hydrogen-bond donors (Lipinski definition) is 1. The van der Waals surface area contributed by atoms with Crippen molar-refractivity contribution in [1.29, 1.82) is 0 Å². The lowest BCUT2D eigenvalue weighted by Crippen LogP contribution is -2.08. The predicted octanol–water partition coefficient (Wildman–Crippen LogP) is 4.76. The maximum atomic E-state index is 12.1. The number of ether oxygens (including phenoxy) is 2. The van der Waals surface area contributed by atoms with Gasteiger partial charge in [-0.3, -0.25) is 4.79 Å². The summed E-state index contributed by atoms with van der Waals surface area (Å²) in [5, 5.41) is 19.0. The first-order valence-electron chi connectivity index (χ1n) is 9.07. The van der Waals surface area contributed by atoms with Crippen LogP contribution in [0.25, 0.3) is 10.9 Å². The van der Waals surface area contributed by atoms with Gasteiger partial charge in [0.25, 0.3) is 0 Å². The zero-order valence-electron chi connectivity index (χ0n) is 16.2. The number of carbonyl (C=O) groups is 1. The van der Waals surface area contributed by atoms with Crippen LogP contribution in [0.1, 0.15) is 18.9 Å². The monoisotopic (exact) mass is 381 g/mol. The Morgan fingerprint density at radius 2 is 2.00 bits per heavy atom. The number of para-hydroxylation sites is 1. The Kier molecular flexibility index (Phi) is 5.93. The third-order valence-corrected chi connectivity index (χ3v) is 4.37. The molecule has 1 N–H and O–H groups in total. The Labute approximate surface area is 163 Å². The number of aromatic hydroxyl groups is 1. The lowest BCUT2D eigenvalue weighted by molar-refractivity contribution is -0.120. The summed E-state index contributed by atoms with van der Waals surface area (Å²) in [6, 6.07) is 12.9. The van der Waals surface area contributed by atoms with E-state index in [-0.39, 0.29) is 18.2 Å². The minimum atomic E-state index is -0.540. The van der Waals surface area contributed by atoms with Crippen molar-refractivity contribution in [1.82, 2.24) is 4.57 Å². The summed E-state index contributed by atoms with van der Waals surface area (Å²) in [4.78, 5) is 12.1. The third kappa shape index (κ3) is 3.98. The number of benzene rings is 2. The number of amides is 1. The number of aryl methyl sites for hydroxylation is 2. The molecule has 0 aliphatic rings. The first-order valence-corrected chi connectivity index (χ1v) is 9.07. The van der Waals surface area contributed by atoms with E-state index in [4.69, 9.17) is 9.47 Å². The van der Waals surface area contributed by atoms with Gasteiger partial charge in [-0.2, -0.15) is 0 Å². The van der Waals surface area contributed by atoms with Gasteiger partial charge in [0.1, 0.15) is 11.5 Å². The van der Waals surface area contributed by atoms with Gasteiger partial charge < -0.3 is 19.1 Å². The van der Waals surface area contributed by atoms with E-state index in [0.717, 1.165) is 17.5 Å². The molecule has 0 bridgehead atoms. The molecule has 0 fully saturated rings. The van der Waals surface area contributed by atoms with Gasteiger partial charge in [-0.15, -0.1) is 10.2 Å². The van der Waals surface area contributed by atoms with Gasteiger partial charge in [0.05, 0.1) is 12.6 Å². The number of fused-ring (bicyclic) bond motifs is 1. The van der Waals surface area contributed by atoms with Crippen molar-refractivity contribution in [2.45, 2.75) is 26.8 Å². The smallest absolute Gasteiger partial charge is 0.302 e. The molecule has 0 radical (unpaired) electrons. The van der Waals surface area contributed by atoms with Crippen molar-refractivity contribution < 1.29 is 19.4 Å². The second-order valence-corrected chi connectivity index (χ2v) is 6.35. The molecule has 146 valence electrons. The Hall–Kier alpha value is -3.35. The fourth-order valence-corrected chi connectivity index (χ4v) is 2.97. The van der Waals surface area contributed by atoms with E-state index < -0.39 is 5.91 Å². The Bertz CT molecular complexity index is 1020. The van der Waals surface area contributed by atoms with Crippen LogP contribution in [-0.2, 0) is 11.3 Å². The summed E-state index contributed by atoms with van der Waals surface area (Å²) in [6.07, 6.45) is 0.836. The van der Waals surface area contributed by atoms with Crippen LogP contribution < -0.4 is 9.47 Å². The summed E-state index contributed by atoms with van der Waals surface area (Å²) < 4.78 is 12.5.